The fourth-order valence-corrected chi connectivity index (χ4v) is 1.02. The van der Waals surface area contributed by atoms with Crippen LogP contribution in [-0.4, -0.2) is 18.4 Å². The molecule has 0 fully saturated rings. The van der Waals surface area contributed by atoms with E-state index in [0.29, 0.717) is 5.56 Å². The first kappa shape index (κ1) is 12.1. The summed E-state index contributed by atoms with van der Waals surface area (Å²) in [5, 5.41) is 0. The molecule has 1 aromatic rings. The molecule has 2 amide bonds. The summed E-state index contributed by atoms with van der Waals surface area (Å²) in [6.07, 6.45) is 0.0606. The molecule has 0 spiro atoms. The number of nitrogens with two attached hydrogens (primary N) is 1. The Labute approximate surface area is 91.8 Å². The van der Waals surface area contributed by atoms with Gasteiger partial charge in [-0.25, -0.2) is 4.39 Å². The Morgan fingerprint density at radius 2 is 1.69 bits per heavy atom. The van der Waals surface area contributed by atoms with Crippen LogP contribution in [0.15, 0.2) is 24.3 Å². The van der Waals surface area contributed by atoms with Crippen LogP contribution in [0, 0.1) is 5.82 Å². The molecule has 5 nitrogen and oxygen atoms in total. The third-order valence-corrected chi connectivity index (χ3v) is 1.80. The monoisotopic (exact) mass is 225 g/mol. The van der Waals surface area contributed by atoms with Gasteiger partial charge in [-0.2, -0.15) is 0 Å². The number of carbonyl (C=O) groups is 2. The van der Waals surface area contributed by atoms with E-state index >= 15 is 0 Å². The van der Waals surface area contributed by atoms with E-state index in [0.717, 1.165) is 0 Å². The number of halogens is 1. The third kappa shape index (κ3) is 4.05. The molecule has 0 aromatic heterocycles. The molecule has 0 aliphatic heterocycles. The SMILES string of the molecule is NCC(=O)NNC(=O)Cc1ccc(F)cc1. The second-order valence-corrected chi connectivity index (χ2v) is 3.10. The lowest BCUT2D eigenvalue weighted by molar-refractivity contribution is -0.127. The minimum absolute atomic E-state index is 0.0606. The lowest BCUT2D eigenvalue weighted by Gasteiger charge is -2.05. The maximum atomic E-state index is 12.6. The van der Waals surface area contributed by atoms with Crippen LogP contribution in [0.2, 0.25) is 0 Å². The van der Waals surface area contributed by atoms with E-state index in [1.807, 2.05) is 0 Å². The molecular formula is C10H12FN3O2. The summed E-state index contributed by atoms with van der Waals surface area (Å²) in [6, 6.07) is 5.53. The van der Waals surface area contributed by atoms with E-state index in [2.05, 4.69) is 10.9 Å². The molecule has 0 aliphatic carbocycles. The molecule has 1 rings (SSSR count). The average Bonchev–Trinajstić information content (AvgIpc) is 2.29. The summed E-state index contributed by atoms with van der Waals surface area (Å²) < 4.78 is 12.6. The Hall–Kier alpha value is -1.95. The van der Waals surface area contributed by atoms with Crippen molar-refractivity contribution >= 4 is 11.8 Å². The van der Waals surface area contributed by atoms with Crippen molar-refractivity contribution in [2.24, 2.45) is 5.73 Å². The summed E-state index contributed by atoms with van der Waals surface area (Å²) in [7, 11) is 0. The summed E-state index contributed by atoms with van der Waals surface area (Å²) in [5.41, 5.74) is 9.99. The minimum atomic E-state index is -0.479. The Balaban J connectivity index is 2.40. The Bertz CT molecular complexity index is 378. The van der Waals surface area contributed by atoms with E-state index < -0.39 is 11.8 Å². The van der Waals surface area contributed by atoms with Gasteiger partial charge in [-0.05, 0) is 17.7 Å². The number of hydrazine groups is 1. The highest BCUT2D eigenvalue weighted by molar-refractivity contribution is 5.83. The van der Waals surface area contributed by atoms with Gasteiger partial charge in [0.05, 0.1) is 13.0 Å². The van der Waals surface area contributed by atoms with Crippen molar-refractivity contribution in [2.45, 2.75) is 6.42 Å². The summed E-state index contributed by atoms with van der Waals surface area (Å²) in [4.78, 5) is 22.0. The predicted octanol–water partition coefficient (Wildman–Crippen LogP) is -0.526. The van der Waals surface area contributed by atoms with Crippen LogP contribution in [0.25, 0.3) is 0 Å². The molecule has 0 unspecified atom stereocenters. The van der Waals surface area contributed by atoms with Crippen molar-refractivity contribution in [3.63, 3.8) is 0 Å². The molecule has 0 atom stereocenters. The third-order valence-electron chi connectivity index (χ3n) is 1.80. The van der Waals surface area contributed by atoms with Gasteiger partial charge in [0, 0.05) is 0 Å². The normalized spacial score (nSPS) is 9.62. The van der Waals surface area contributed by atoms with Crippen LogP contribution >= 0.6 is 0 Å². The molecule has 86 valence electrons. The van der Waals surface area contributed by atoms with Crippen molar-refractivity contribution < 1.29 is 14.0 Å². The number of nitrogens with one attached hydrogen (secondary N) is 2. The van der Waals surface area contributed by atoms with Crippen LogP contribution in [0.5, 0.6) is 0 Å². The molecule has 16 heavy (non-hydrogen) atoms. The number of carbonyl (C=O) groups excluding carboxylic acids is 2. The minimum Gasteiger partial charge on any atom is -0.322 e. The molecule has 4 N–H and O–H groups in total. The van der Waals surface area contributed by atoms with Crippen LogP contribution < -0.4 is 16.6 Å². The molecule has 0 aliphatic rings. The molecule has 0 saturated heterocycles. The topological polar surface area (TPSA) is 84.2 Å². The van der Waals surface area contributed by atoms with Gasteiger partial charge in [0.25, 0.3) is 5.91 Å². The van der Waals surface area contributed by atoms with Gasteiger partial charge in [-0.1, -0.05) is 12.1 Å². The molecule has 0 saturated carbocycles. The van der Waals surface area contributed by atoms with E-state index in [1.54, 1.807) is 0 Å². The molecule has 0 radical (unpaired) electrons. The second-order valence-electron chi connectivity index (χ2n) is 3.10. The fourth-order valence-electron chi connectivity index (χ4n) is 1.02. The summed E-state index contributed by atoms with van der Waals surface area (Å²) in [6.45, 7) is -0.198. The first-order chi connectivity index (χ1) is 7.61. The van der Waals surface area contributed by atoms with Crippen LogP contribution in [0.1, 0.15) is 5.56 Å². The summed E-state index contributed by atoms with van der Waals surface area (Å²) >= 11 is 0. The lowest BCUT2D eigenvalue weighted by atomic mass is 10.1. The highest BCUT2D eigenvalue weighted by Gasteiger charge is 2.04. The van der Waals surface area contributed by atoms with E-state index in [1.165, 1.54) is 24.3 Å². The molecule has 6 heteroatoms. The highest BCUT2D eigenvalue weighted by atomic mass is 19.1. The zero-order valence-corrected chi connectivity index (χ0v) is 8.50. The van der Waals surface area contributed by atoms with Crippen molar-refractivity contribution in [3.8, 4) is 0 Å². The molecule has 1 aromatic carbocycles. The van der Waals surface area contributed by atoms with Gasteiger partial charge < -0.3 is 5.73 Å². The van der Waals surface area contributed by atoms with Crippen molar-refractivity contribution in [1.82, 2.24) is 10.9 Å². The van der Waals surface area contributed by atoms with Gasteiger partial charge in [0.2, 0.25) is 5.91 Å². The van der Waals surface area contributed by atoms with Crippen molar-refractivity contribution in [2.75, 3.05) is 6.54 Å². The predicted molar refractivity (Wildman–Crippen MR) is 55.4 cm³/mol. The molecular weight excluding hydrogens is 213 g/mol. The number of rotatable bonds is 3. The standard InChI is InChI=1S/C10H12FN3O2/c11-8-3-1-7(2-4-8)5-9(15)13-14-10(16)6-12/h1-4H,5-6,12H2,(H,13,15)(H,14,16). The van der Waals surface area contributed by atoms with E-state index in [9.17, 15) is 14.0 Å². The van der Waals surface area contributed by atoms with Crippen LogP contribution in [0.3, 0.4) is 0 Å². The fraction of sp³-hybridized carbons (Fsp3) is 0.200. The number of hydrogen-bond acceptors (Lipinski definition) is 3. The Kier molecular flexibility index (Phi) is 4.41. The van der Waals surface area contributed by atoms with Crippen LogP contribution in [0.4, 0.5) is 4.39 Å². The molecule has 0 heterocycles. The number of hydrogen-bond donors (Lipinski definition) is 3. The first-order valence-electron chi connectivity index (χ1n) is 4.64. The van der Waals surface area contributed by atoms with E-state index in [4.69, 9.17) is 5.73 Å². The zero-order chi connectivity index (χ0) is 12.0. The maximum absolute atomic E-state index is 12.6. The quantitative estimate of drug-likeness (QED) is 0.605. The van der Waals surface area contributed by atoms with Crippen molar-refractivity contribution in [1.29, 1.82) is 0 Å². The van der Waals surface area contributed by atoms with Crippen molar-refractivity contribution in [3.05, 3.63) is 35.6 Å². The Morgan fingerprint density at radius 1 is 1.12 bits per heavy atom. The van der Waals surface area contributed by atoms with Gasteiger partial charge in [-0.3, -0.25) is 20.4 Å². The van der Waals surface area contributed by atoms with E-state index in [-0.39, 0.29) is 18.8 Å². The highest BCUT2D eigenvalue weighted by Crippen LogP contribution is 2.02. The van der Waals surface area contributed by atoms with Gasteiger partial charge in [0.1, 0.15) is 5.82 Å². The number of benzene rings is 1. The maximum Gasteiger partial charge on any atom is 0.252 e. The molecule has 0 bridgehead atoms. The van der Waals surface area contributed by atoms with Gasteiger partial charge >= 0.3 is 0 Å². The average molecular weight is 225 g/mol. The largest absolute Gasteiger partial charge is 0.322 e. The lowest BCUT2D eigenvalue weighted by Crippen LogP contribution is -2.45. The first-order valence-corrected chi connectivity index (χ1v) is 4.64. The Morgan fingerprint density at radius 3 is 2.25 bits per heavy atom. The smallest absolute Gasteiger partial charge is 0.252 e. The number of amides is 2. The van der Waals surface area contributed by atoms with Crippen LogP contribution in [-0.2, 0) is 16.0 Å². The van der Waals surface area contributed by atoms with Gasteiger partial charge in [0.15, 0.2) is 0 Å². The van der Waals surface area contributed by atoms with Gasteiger partial charge in [-0.15, -0.1) is 0 Å². The zero-order valence-electron chi connectivity index (χ0n) is 8.50. The second kappa shape index (κ2) is 5.82. The summed E-state index contributed by atoms with van der Waals surface area (Å²) in [5.74, 6) is -1.23.